The molecule has 0 unspecified atom stereocenters. The van der Waals surface area contributed by atoms with Gasteiger partial charge in [0.15, 0.2) is 5.75 Å². The van der Waals surface area contributed by atoms with Crippen LogP contribution in [0.1, 0.15) is 12.5 Å². The summed E-state index contributed by atoms with van der Waals surface area (Å²) in [6.45, 7) is 3.27. The average molecular weight is 420 g/mol. The third-order valence-electron chi connectivity index (χ3n) is 2.69. The molecule has 1 N–H and O–H groups in total. The molecule has 0 fully saturated rings. The second-order valence-electron chi connectivity index (χ2n) is 4.18. The largest absolute Gasteiger partial charge is 0.491 e. The summed E-state index contributed by atoms with van der Waals surface area (Å²) >= 11 is 13.0. The second kappa shape index (κ2) is 7.34. The van der Waals surface area contributed by atoms with E-state index in [-0.39, 0.29) is 0 Å². The molecule has 2 rings (SSSR count). The van der Waals surface area contributed by atoms with Gasteiger partial charge in [-0.05, 0) is 52.7 Å². The van der Waals surface area contributed by atoms with Crippen LogP contribution in [0.5, 0.6) is 5.75 Å². The highest BCUT2D eigenvalue weighted by Crippen LogP contribution is 2.36. The van der Waals surface area contributed by atoms with Crippen LogP contribution in [-0.4, -0.2) is 6.61 Å². The maximum absolute atomic E-state index is 6.09. The summed E-state index contributed by atoms with van der Waals surface area (Å²) < 4.78 is 7.58. The van der Waals surface area contributed by atoms with Gasteiger partial charge in [0.2, 0.25) is 0 Å². The highest BCUT2D eigenvalue weighted by molar-refractivity contribution is 9.10. The molecule has 0 saturated carbocycles. The van der Waals surface area contributed by atoms with Gasteiger partial charge in [-0.3, -0.25) is 0 Å². The van der Waals surface area contributed by atoms with Crippen molar-refractivity contribution in [2.45, 2.75) is 13.5 Å². The van der Waals surface area contributed by atoms with Gasteiger partial charge in [-0.2, -0.15) is 0 Å². The molecule has 0 bridgehead atoms. The van der Waals surface area contributed by atoms with Gasteiger partial charge in [0, 0.05) is 16.0 Å². The molecule has 0 amide bonds. The highest BCUT2D eigenvalue weighted by atomic mass is 79.9. The molecule has 5 heteroatoms. The van der Waals surface area contributed by atoms with E-state index in [1.165, 1.54) is 5.56 Å². The average Bonchev–Trinajstić information content (AvgIpc) is 2.41. The number of ether oxygens (including phenoxy) is 1. The minimum Gasteiger partial charge on any atom is -0.491 e. The minimum absolute atomic E-state index is 0.604. The second-order valence-corrected chi connectivity index (χ2v) is 6.38. The maximum Gasteiger partial charge on any atom is 0.156 e. The van der Waals surface area contributed by atoms with Crippen molar-refractivity contribution in [3.8, 4) is 5.75 Å². The lowest BCUT2D eigenvalue weighted by Crippen LogP contribution is -2.03. The van der Waals surface area contributed by atoms with E-state index in [1.54, 1.807) is 0 Å². The fourth-order valence-corrected chi connectivity index (χ4v) is 2.97. The Hall–Kier alpha value is -0.710. The van der Waals surface area contributed by atoms with E-state index in [2.05, 4.69) is 49.3 Å². The zero-order valence-corrected chi connectivity index (χ0v) is 14.8. The van der Waals surface area contributed by atoms with E-state index in [0.717, 1.165) is 20.4 Å². The first-order valence-corrected chi connectivity index (χ1v) is 8.16. The van der Waals surface area contributed by atoms with Crippen LogP contribution in [0.4, 0.5) is 5.69 Å². The van der Waals surface area contributed by atoms with E-state index < -0.39 is 0 Å². The monoisotopic (exact) mass is 417 g/mol. The molecule has 0 heterocycles. The first-order valence-electron chi connectivity index (χ1n) is 6.20. The molecular formula is C15H14Br2ClNO. The number of hydrogen-bond donors (Lipinski definition) is 1. The fraction of sp³-hybridized carbons (Fsp3) is 0.200. The molecule has 0 saturated heterocycles. The number of anilines is 1. The molecule has 2 aromatic rings. The van der Waals surface area contributed by atoms with Crippen LogP contribution in [0.25, 0.3) is 0 Å². The van der Waals surface area contributed by atoms with Crippen LogP contribution < -0.4 is 10.1 Å². The molecule has 2 nitrogen and oxygen atoms in total. The Bertz CT molecular complexity index is 587. The molecule has 0 aromatic heterocycles. The van der Waals surface area contributed by atoms with E-state index >= 15 is 0 Å². The Labute approximate surface area is 140 Å². The predicted molar refractivity (Wildman–Crippen MR) is 91.8 cm³/mol. The predicted octanol–water partition coefficient (Wildman–Crippen LogP) is 5.88. The highest BCUT2D eigenvalue weighted by Gasteiger charge is 2.10. The fourth-order valence-electron chi connectivity index (χ4n) is 1.78. The van der Waals surface area contributed by atoms with Crippen LogP contribution in [0.2, 0.25) is 5.02 Å². The van der Waals surface area contributed by atoms with E-state index in [4.69, 9.17) is 16.3 Å². The lowest BCUT2D eigenvalue weighted by molar-refractivity contribution is 0.339. The number of halogens is 3. The summed E-state index contributed by atoms with van der Waals surface area (Å²) in [5, 5.41) is 4.03. The molecule has 0 spiro atoms. The molecule has 20 heavy (non-hydrogen) atoms. The van der Waals surface area contributed by atoms with Crippen molar-refractivity contribution in [2.75, 3.05) is 11.9 Å². The normalized spacial score (nSPS) is 10.4. The number of benzene rings is 2. The molecular weight excluding hydrogens is 405 g/mol. The summed E-state index contributed by atoms with van der Waals surface area (Å²) in [6.07, 6.45) is 0. The Morgan fingerprint density at radius 3 is 2.50 bits per heavy atom. The maximum atomic E-state index is 6.09. The lowest BCUT2D eigenvalue weighted by atomic mass is 10.2. The van der Waals surface area contributed by atoms with Crippen molar-refractivity contribution in [2.24, 2.45) is 0 Å². The molecule has 0 aliphatic carbocycles. The quantitative estimate of drug-likeness (QED) is 0.654. The van der Waals surface area contributed by atoms with Crippen LogP contribution in [0.3, 0.4) is 0 Å². The zero-order valence-electron chi connectivity index (χ0n) is 10.9. The van der Waals surface area contributed by atoms with Crippen molar-refractivity contribution in [1.82, 2.24) is 0 Å². The van der Waals surface area contributed by atoms with Crippen molar-refractivity contribution in [3.05, 3.63) is 55.9 Å². The van der Waals surface area contributed by atoms with Crippen LogP contribution in [-0.2, 0) is 6.54 Å². The van der Waals surface area contributed by atoms with Gasteiger partial charge in [0.25, 0.3) is 0 Å². The van der Waals surface area contributed by atoms with Gasteiger partial charge in [0.1, 0.15) is 0 Å². The Kier molecular flexibility index (Phi) is 5.75. The van der Waals surface area contributed by atoms with Crippen molar-refractivity contribution >= 4 is 49.1 Å². The van der Waals surface area contributed by atoms with Gasteiger partial charge in [0.05, 0.1) is 16.8 Å². The first-order chi connectivity index (χ1) is 9.60. The summed E-state index contributed by atoms with van der Waals surface area (Å²) in [5.74, 6) is 0.786. The first kappa shape index (κ1) is 15.7. The topological polar surface area (TPSA) is 21.3 Å². The number of hydrogen-bond acceptors (Lipinski definition) is 2. The van der Waals surface area contributed by atoms with Gasteiger partial charge < -0.3 is 10.1 Å². The third kappa shape index (κ3) is 4.14. The van der Waals surface area contributed by atoms with E-state index in [1.807, 2.05) is 31.2 Å². The zero-order chi connectivity index (χ0) is 14.5. The van der Waals surface area contributed by atoms with Gasteiger partial charge in [-0.25, -0.2) is 0 Å². The summed E-state index contributed by atoms with van der Waals surface area (Å²) in [5.41, 5.74) is 2.07. The Morgan fingerprint density at radius 1 is 1.15 bits per heavy atom. The summed E-state index contributed by atoms with van der Waals surface area (Å²) in [7, 11) is 0. The molecule has 0 aliphatic heterocycles. The molecule has 2 aromatic carbocycles. The van der Waals surface area contributed by atoms with Crippen LogP contribution in [0.15, 0.2) is 45.3 Å². The number of rotatable bonds is 5. The van der Waals surface area contributed by atoms with Crippen molar-refractivity contribution in [3.63, 3.8) is 0 Å². The van der Waals surface area contributed by atoms with Crippen LogP contribution in [0, 0.1) is 0 Å². The van der Waals surface area contributed by atoms with Gasteiger partial charge in [-0.15, -0.1) is 0 Å². The van der Waals surface area contributed by atoms with Gasteiger partial charge >= 0.3 is 0 Å². The minimum atomic E-state index is 0.604. The summed E-state index contributed by atoms with van der Waals surface area (Å²) in [4.78, 5) is 0. The summed E-state index contributed by atoms with van der Waals surface area (Å²) in [6, 6.07) is 11.9. The van der Waals surface area contributed by atoms with E-state index in [9.17, 15) is 0 Å². The van der Waals surface area contributed by atoms with Crippen molar-refractivity contribution < 1.29 is 4.74 Å². The third-order valence-corrected chi connectivity index (χ3v) is 4.03. The molecule has 0 radical (unpaired) electrons. The number of nitrogens with one attached hydrogen (secondary N) is 1. The van der Waals surface area contributed by atoms with Gasteiger partial charge in [-0.1, -0.05) is 39.7 Å². The SMILES string of the molecule is CCOc1c(Br)cc(Cl)cc1NCc1ccc(Br)cc1. The lowest BCUT2D eigenvalue weighted by Gasteiger charge is -2.14. The molecule has 106 valence electrons. The Morgan fingerprint density at radius 2 is 1.85 bits per heavy atom. The van der Waals surface area contributed by atoms with Crippen molar-refractivity contribution in [1.29, 1.82) is 0 Å². The smallest absolute Gasteiger partial charge is 0.156 e. The van der Waals surface area contributed by atoms with Crippen LogP contribution >= 0.6 is 43.5 Å². The molecule has 0 atom stereocenters. The molecule has 0 aliphatic rings. The standard InChI is InChI=1S/C15H14Br2ClNO/c1-2-20-15-13(17)7-12(18)8-14(15)19-9-10-3-5-11(16)6-4-10/h3-8,19H,2,9H2,1H3. The Balaban J connectivity index is 2.17. The van der Waals surface area contributed by atoms with E-state index in [0.29, 0.717) is 18.2 Å².